The zero-order valence-electron chi connectivity index (χ0n) is 19.1. The average Bonchev–Trinajstić information content (AvgIpc) is 2.91. The standard InChI is InChI=1S/C26H44O2/c1-23(2,27)13-6-7-18-9-11-21-20-10-8-19-17-24(3,28)15-16-26(19,5)22(20)12-14-25(18,21)4/h8,18,20-22,27-28H,6-7,9-17H2,1-5H3/t18-,20?,21?,22?,24-,25+,26-/m0/s1. The van der Waals surface area contributed by atoms with Gasteiger partial charge in [-0.25, -0.2) is 0 Å². The molecule has 0 aliphatic heterocycles. The van der Waals surface area contributed by atoms with E-state index in [1.54, 1.807) is 5.57 Å². The van der Waals surface area contributed by atoms with Gasteiger partial charge in [-0.15, -0.1) is 0 Å². The van der Waals surface area contributed by atoms with Gasteiger partial charge in [0.25, 0.3) is 0 Å². The first-order valence-electron chi connectivity index (χ1n) is 12.1. The SMILES string of the molecule is CC(C)(O)CCC[C@H]1CCC2C3CC=C4C[C@@](C)(O)CC[C@]4(C)C3CC[C@@]21C. The second-order valence-electron chi connectivity index (χ2n) is 12.5. The van der Waals surface area contributed by atoms with E-state index in [9.17, 15) is 10.2 Å². The van der Waals surface area contributed by atoms with Crippen LogP contribution in [0.5, 0.6) is 0 Å². The highest BCUT2D eigenvalue weighted by Crippen LogP contribution is 2.67. The van der Waals surface area contributed by atoms with Gasteiger partial charge in [-0.1, -0.05) is 31.9 Å². The molecule has 0 aromatic heterocycles. The van der Waals surface area contributed by atoms with E-state index < -0.39 is 11.2 Å². The summed E-state index contributed by atoms with van der Waals surface area (Å²) in [5, 5.41) is 20.7. The summed E-state index contributed by atoms with van der Waals surface area (Å²) in [6.07, 6.45) is 15.8. The average molecular weight is 389 g/mol. The number of allylic oxidation sites excluding steroid dienone is 1. The fourth-order valence-corrected chi connectivity index (χ4v) is 8.17. The highest BCUT2D eigenvalue weighted by molar-refractivity contribution is 5.26. The minimum atomic E-state index is -0.516. The first-order chi connectivity index (χ1) is 12.9. The molecule has 2 N–H and O–H groups in total. The van der Waals surface area contributed by atoms with Gasteiger partial charge in [-0.2, -0.15) is 0 Å². The van der Waals surface area contributed by atoms with Crippen LogP contribution in [0, 0.1) is 34.5 Å². The normalized spacial score (nSPS) is 48.5. The highest BCUT2D eigenvalue weighted by atomic mass is 16.3. The molecule has 3 saturated carbocycles. The molecule has 0 amide bonds. The molecule has 0 bridgehead atoms. The van der Waals surface area contributed by atoms with Crippen LogP contribution in [0.15, 0.2) is 11.6 Å². The zero-order valence-corrected chi connectivity index (χ0v) is 19.1. The summed E-state index contributed by atoms with van der Waals surface area (Å²) < 4.78 is 0. The van der Waals surface area contributed by atoms with Crippen molar-refractivity contribution < 1.29 is 10.2 Å². The van der Waals surface area contributed by atoms with E-state index in [4.69, 9.17) is 0 Å². The summed E-state index contributed by atoms with van der Waals surface area (Å²) in [6.45, 7) is 11.1. The Morgan fingerprint density at radius 3 is 2.50 bits per heavy atom. The van der Waals surface area contributed by atoms with E-state index in [2.05, 4.69) is 19.9 Å². The molecule has 0 heterocycles. The zero-order chi connectivity index (χ0) is 20.4. The summed E-state index contributed by atoms with van der Waals surface area (Å²) in [5.74, 6) is 3.42. The van der Waals surface area contributed by atoms with Gasteiger partial charge >= 0.3 is 0 Å². The minimum absolute atomic E-state index is 0.339. The maximum absolute atomic E-state index is 10.6. The highest BCUT2D eigenvalue weighted by Gasteiger charge is 2.58. The Morgan fingerprint density at radius 2 is 1.79 bits per heavy atom. The molecule has 0 aromatic carbocycles. The van der Waals surface area contributed by atoms with Gasteiger partial charge in [-0.3, -0.25) is 0 Å². The number of aliphatic hydroxyl groups is 2. The van der Waals surface area contributed by atoms with E-state index in [0.29, 0.717) is 10.8 Å². The molecular formula is C26H44O2. The molecule has 2 nitrogen and oxygen atoms in total. The third-order valence-corrected chi connectivity index (χ3v) is 9.92. The lowest BCUT2D eigenvalue weighted by atomic mass is 9.46. The van der Waals surface area contributed by atoms with Gasteiger partial charge in [0, 0.05) is 0 Å². The monoisotopic (exact) mass is 388 g/mol. The van der Waals surface area contributed by atoms with Crippen LogP contribution in [0.1, 0.15) is 105 Å². The first kappa shape index (κ1) is 20.9. The summed E-state index contributed by atoms with van der Waals surface area (Å²) in [4.78, 5) is 0. The maximum Gasteiger partial charge on any atom is 0.0657 e. The topological polar surface area (TPSA) is 40.5 Å². The number of fused-ring (bicyclic) bond motifs is 5. The van der Waals surface area contributed by atoms with E-state index >= 15 is 0 Å². The van der Waals surface area contributed by atoms with E-state index in [1.165, 1.54) is 51.4 Å². The molecule has 4 aliphatic rings. The Morgan fingerprint density at radius 1 is 1.04 bits per heavy atom. The minimum Gasteiger partial charge on any atom is -0.390 e. The third-order valence-electron chi connectivity index (χ3n) is 9.92. The lowest BCUT2D eigenvalue weighted by molar-refractivity contribution is -0.0664. The van der Waals surface area contributed by atoms with Crippen LogP contribution in [0.3, 0.4) is 0 Å². The molecule has 160 valence electrons. The Hall–Kier alpha value is -0.340. The van der Waals surface area contributed by atoms with Crippen molar-refractivity contribution in [3.05, 3.63) is 11.6 Å². The lowest BCUT2D eigenvalue weighted by Crippen LogP contribution is -2.51. The van der Waals surface area contributed by atoms with Crippen LogP contribution in [-0.4, -0.2) is 21.4 Å². The maximum atomic E-state index is 10.6. The predicted octanol–water partition coefficient (Wildman–Crippen LogP) is 6.26. The van der Waals surface area contributed by atoms with Crippen LogP contribution < -0.4 is 0 Å². The van der Waals surface area contributed by atoms with Gasteiger partial charge in [0.1, 0.15) is 0 Å². The molecule has 4 aliphatic carbocycles. The fourth-order valence-electron chi connectivity index (χ4n) is 8.17. The molecule has 28 heavy (non-hydrogen) atoms. The first-order valence-corrected chi connectivity index (χ1v) is 12.1. The van der Waals surface area contributed by atoms with Crippen molar-refractivity contribution in [2.45, 2.75) is 116 Å². The smallest absolute Gasteiger partial charge is 0.0657 e. The van der Waals surface area contributed by atoms with Gasteiger partial charge in [0.05, 0.1) is 11.2 Å². The summed E-state index contributed by atoms with van der Waals surface area (Å²) >= 11 is 0. The molecule has 3 fully saturated rings. The van der Waals surface area contributed by atoms with Crippen LogP contribution in [0.4, 0.5) is 0 Å². The van der Waals surface area contributed by atoms with Crippen molar-refractivity contribution in [2.24, 2.45) is 34.5 Å². The van der Waals surface area contributed by atoms with Crippen molar-refractivity contribution in [3.8, 4) is 0 Å². The Bertz CT molecular complexity index is 627. The third kappa shape index (κ3) is 3.51. The van der Waals surface area contributed by atoms with Crippen molar-refractivity contribution in [1.82, 2.24) is 0 Å². The Balaban J connectivity index is 1.49. The second kappa shape index (κ2) is 6.84. The summed E-state index contributed by atoms with van der Waals surface area (Å²) in [5.41, 5.74) is 1.43. The number of hydrogen-bond donors (Lipinski definition) is 2. The van der Waals surface area contributed by atoms with E-state index in [-0.39, 0.29) is 0 Å². The summed E-state index contributed by atoms with van der Waals surface area (Å²) in [7, 11) is 0. The van der Waals surface area contributed by atoms with E-state index in [1.807, 2.05) is 20.8 Å². The molecular weight excluding hydrogens is 344 g/mol. The van der Waals surface area contributed by atoms with Crippen LogP contribution in [0.2, 0.25) is 0 Å². The van der Waals surface area contributed by atoms with Crippen LogP contribution in [0.25, 0.3) is 0 Å². The predicted molar refractivity (Wildman–Crippen MR) is 116 cm³/mol. The lowest BCUT2D eigenvalue weighted by Gasteiger charge is -2.59. The summed E-state index contributed by atoms with van der Waals surface area (Å²) in [6, 6.07) is 0. The number of rotatable bonds is 4. The van der Waals surface area contributed by atoms with Crippen LogP contribution in [-0.2, 0) is 0 Å². The van der Waals surface area contributed by atoms with Crippen molar-refractivity contribution in [1.29, 1.82) is 0 Å². The number of hydrogen-bond acceptors (Lipinski definition) is 2. The van der Waals surface area contributed by atoms with Gasteiger partial charge in [0.15, 0.2) is 0 Å². The quantitative estimate of drug-likeness (QED) is 0.558. The Labute approximate surface area is 173 Å². The fraction of sp³-hybridized carbons (Fsp3) is 0.923. The molecule has 4 rings (SSSR count). The molecule has 0 radical (unpaired) electrons. The molecule has 2 heteroatoms. The Kier molecular flexibility index (Phi) is 5.11. The molecule has 7 atom stereocenters. The van der Waals surface area contributed by atoms with Gasteiger partial charge < -0.3 is 10.2 Å². The second-order valence-corrected chi connectivity index (χ2v) is 12.5. The molecule has 3 unspecified atom stereocenters. The van der Waals surface area contributed by atoms with Gasteiger partial charge in [-0.05, 0) is 119 Å². The van der Waals surface area contributed by atoms with E-state index in [0.717, 1.165) is 42.9 Å². The molecule has 0 spiro atoms. The van der Waals surface area contributed by atoms with Gasteiger partial charge in [0.2, 0.25) is 0 Å². The van der Waals surface area contributed by atoms with Crippen molar-refractivity contribution in [3.63, 3.8) is 0 Å². The molecule has 0 saturated heterocycles. The molecule has 0 aromatic rings. The van der Waals surface area contributed by atoms with Crippen LogP contribution >= 0.6 is 0 Å². The van der Waals surface area contributed by atoms with Crippen molar-refractivity contribution in [2.75, 3.05) is 0 Å². The largest absolute Gasteiger partial charge is 0.390 e. The van der Waals surface area contributed by atoms with Crippen molar-refractivity contribution >= 4 is 0 Å².